The number of morpholine rings is 1. The van der Waals surface area contributed by atoms with Crippen LogP contribution in [0.15, 0.2) is 52.7 Å². The monoisotopic (exact) mass is 451 g/mol. The van der Waals surface area contributed by atoms with E-state index >= 15 is 0 Å². The molecule has 0 saturated carbocycles. The van der Waals surface area contributed by atoms with Gasteiger partial charge in [-0.25, -0.2) is 8.42 Å². The Morgan fingerprint density at radius 1 is 1.03 bits per heavy atom. The summed E-state index contributed by atoms with van der Waals surface area (Å²) >= 11 is 1.30. The number of benzene rings is 1. The van der Waals surface area contributed by atoms with Gasteiger partial charge >= 0.3 is 11.8 Å². The molecule has 0 bridgehead atoms. The molecule has 2 amide bonds. The van der Waals surface area contributed by atoms with E-state index in [9.17, 15) is 18.0 Å². The van der Waals surface area contributed by atoms with Crippen LogP contribution in [0.1, 0.15) is 10.1 Å². The summed E-state index contributed by atoms with van der Waals surface area (Å²) in [4.78, 5) is 27.2. The van der Waals surface area contributed by atoms with Crippen LogP contribution in [-0.4, -0.2) is 71.1 Å². The topological polar surface area (TPSA) is 105 Å². The highest BCUT2D eigenvalue weighted by atomic mass is 32.2. The zero-order chi connectivity index (χ0) is 21.4. The minimum atomic E-state index is -3.73. The quantitative estimate of drug-likeness (QED) is 0.576. The first-order valence-corrected chi connectivity index (χ1v) is 12.1. The summed E-state index contributed by atoms with van der Waals surface area (Å²) in [6, 6.07) is 11.6. The fraction of sp³-hybridized carbons (Fsp3) is 0.400. The lowest BCUT2D eigenvalue weighted by molar-refractivity contribution is -0.139. The van der Waals surface area contributed by atoms with Crippen LogP contribution >= 0.6 is 11.3 Å². The van der Waals surface area contributed by atoms with E-state index in [-0.39, 0.29) is 11.4 Å². The van der Waals surface area contributed by atoms with Crippen molar-refractivity contribution in [3.05, 3.63) is 52.7 Å². The van der Waals surface area contributed by atoms with E-state index in [1.165, 1.54) is 23.5 Å². The molecule has 1 aliphatic rings. The van der Waals surface area contributed by atoms with Crippen LogP contribution in [0.3, 0.4) is 0 Å². The number of rotatable bonds is 8. The molecular formula is C20H25N3O5S2. The molecule has 1 aromatic heterocycles. The molecule has 1 aromatic carbocycles. The van der Waals surface area contributed by atoms with Gasteiger partial charge in [0.2, 0.25) is 0 Å². The van der Waals surface area contributed by atoms with Crippen LogP contribution in [0.25, 0.3) is 0 Å². The number of thiophene rings is 1. The third-order valence-corrected chi connectivity index (χ3v) is 8.01. The Labute approximate surface area is 180 Å². The lowest BCUT2D eigenvalue weighted by Gasteiger charge is -2.26. The van der Waals surface area contributed by atoms with E-state index in [0.717, 1.165) is 13.1 Å². The lowest BCUT2D eigenvalue weighted by atomic mass is 10.3. The summed E-state index contributed by atoms with van der Waals surface area (Å²) in [6.45, 7) is 3.69. The third kappa shape index (κ3) is 5.88. The van der Waals surface area contributed by atoms with Crippen LogP contribution in [0, 0.1) is 0 Å². The molecule has 2 heterocycles. The molecule has 3 rings (SSSR count). The minimum Gasteiger partial charge on any atom is -0.379 e. The van der Waals surface area contributed by atoms with Gasteiger partial charge in [-0.1, -0.05) is 24.3 Å². The predicted molar refractivity (Wildman–Crippen MR) is 114 cm³/mol. The van der Waals surface area contributed by atoms with Crippen LogP contribution in [0.5, 0.6) is 0 Å². The Morgan fingerprint density at radius 3 is 2.40 bits per heavy atom. The molecule has 2 N–H and O–H groups in total. The van der Waals surface area contributed by atoms with Gasteiger partial charge in [0.1, 0.15) is 5.25 Å². The number of sulfone groups is 1. The normalized spacial score (nSPS) is 16.0. The van der Waals surface area contributed by atoms with Crippen LogP contribution in [-0.2, 0) is 24.2 Å². The average molecular weight is 452 g/mol. The van der Waals surface area contributed by atoms with Crippen molar-refractivity contribution in [2.45, 2.75) is 10.1 Å². The molecule has 8 nitrogen and oxygen atoms in total. The number of amides is 2. The predicted octanol–water partition coefficient (Wildman–Crippen LogP) is 0.828. The highest BCUT2D eigenvalue weighted by Gasteiger charge is 2.31. The molecule has 10 heteroatoms. The third-order valence-electron chi connectivity index (χ3n) is 4.78. The van der Waals surface area contributed by atoms with Crippen molar-refractivity contribution in [2.75, 3.05) is 45.9 Å². The maximum Gasteiger partial charge on any atom is 0.309 e. The van der Waals surface area contributed by atoms with Crippen molar-refractivity contribution in [1.82, 2.24) is 15.5 Å². The van der Waals surface area contributed by atoms with Crippen molar-refractivity contribution >= 4 is 33.0 Å². The Bertz CT molecular complexity index is 927. The molecule has 1 aliphatic heterocycles. The second-order valence-corrected chi connectivity index (χ2v) is 9.89. The van der Waals surface area contributed by atoms with Crippen LogP contribution in [0.4, 0.5) is 0 Å². The highest BCUT2D eigenvalue weighted by molar-refractivity contribution is 7.91. The van der Waals surface area contributed by atoms with E-state index < -0.39 is 26.9 Å². The smallest absolute Gasteiger partial charge is 0.309 e. The minimum absolute atomic E-state index is 0.174. The maximum atomic E-state index is 13.1. The molecule has 1 fully saturated rings. The highest BCUT2D eigenvalue weighted by Crippen LogP contribution is 2.31. The molecule has 0 unspecified atom stereocenters. The van der Waals surface area contributed by atoms with E-state index in [2.05, 4.69) is 15.5 Å². The summed E-state index contributed by atoms with van der Waals surface area (Å²) in [5, 5.41) is 5.87. The van der Waals surface area contributed by atoms with E-state index in [1.807, 2.05) is 0 Å². The lowest BCUT2D eigenvalue weighted by Crippen LogP contribution is -2.46. The van der Waals surface area contributed by atoms with Crippen LogP contribution in [0.2, 0.25) is 0 Å². The molecular weight excluding hydrogens is 426 g/mol. The maximum absolute atomic E-state index is 13.1. The number of carbonyl (C=O) groups is 2. The number of nitrogens with zero attached hydrogens (tertiary/aromatic N) is 1. The number of nitrogens with one attached hydrogen (secondary N) is 2. The van der Waals surface area contributed by atoms with E-state index in [0.29, 0.717) is 31.2 Å². The van der Waals surface area contributed by atoms with E-state index in [1.54, 1.807) is 35.7 Å². The summed E-state index contributed by atoms with van der Waals surface area (Å²) in [5.74, 6) is -1.62. The fourth-order valence-electron chi connectivity index (χ4n) is 3.11. The largest absolute Gasteiger partial charge is 0.379 e. The van der Waals surface area contributed by atoms with Gasteiger partial charge in [0.15, 0.2) is 9.84 Å². The molecule has 0 spiro atoms. The zero-order valence-electron chi connectivity index (χ0n) is 16.5. The van der Waals surface area contributed by atoms with E-state index in [4.69, 9.17) is 4.74 Å². The zero-order valence-corrected chi connectivity index (χ0v) is 18.1. The van der Waals surface area contributed by atoms with Crippen molar-refractivity contribution < 1.29 is 22.7 Å². The fourth-order valence-corrected chi connectivity index (χ4v) is 5.92. The molecule has 0 aliphatic carbocycles. The number of ether oxygens (including phenoxy) is 1. The first-order valence-electron chi connectivity index (χ1n) is 9.67. The summed E-state index contributed by atoms with van der Waals surface area (Å²) in [7, 11) is -3.73. The van der Waals surface area contributed by atoms with Crippen molar-refractivity contribution in [2.24, 2.45) is 0 Å². The Balaban J connectivity index is 1.57. The number of carbonyl (C=O) groups excluding carboxylic acids is 2. The summed E-state index contributed by atoms with van der Waals surface area (Å²) in [6.07, 6.45) is 0. The molecule has 2 aromatic rings. The van der Waals surface area contributed by atoms with Gasteiger partial charge in [0.05, 0.1) is 18.1 Å². The molecule has 1 atom stereocenters. The van der Waals surface area contributed by atoms with Gasteiger partial charge in [-0.05, 0) is 23.6 Å². The van der Waals surface area contributed by atoms with Gasteiger partial charge in [-0.3, -0.25) is 14.5 Å². The second kappa shape index (κ2) is 10.7. The van der Waals surface area contributed by atoms with Crippen LogP contribution < -0.4 is 10.6 Å². The Kier molecular flexibility index (Phi) is 7.97. The van der Waals surface area contributed by atoms with Crippen molar-refractivity contribution in [3.8, 4) is 0 Å². The summed E-state index contributed by atoms with van der Waals surface area (Å²) in [5.41, 5.74) is 0. The van der Waals surface area contributed by atoms with Crippen molar-refractivity contribution in [3.63, 3.8) is 0 Å². The van der Waals surface area contributed by atoms with Gasteiger partial charge in [-0.2, -0.15) is 0 Å². The first-order chi connectivity index (χ1) is 14.5. The Morgan fingerprint density at radius 2 is 1.73 bits per heavy atom. The van der Waals surface area contributed by atoms with Gasteiger partial charge in [0, 0.05) is 37.6 Å². The molecule has 1 saturated heterocycles. The first kappa shape index (κ1) is 22.4. The summed E-state index contributed by atoms with van der Waals surface area (Å²) < 4.78 is 31.5. The number of hydrogen-bond acceptors (Lipinski definition) is 7. The van der Waals surface area contributed by atoms with Gasteiger partial charge < -0.3 is 15.4 Å². The molecule has 0 radical (unpaired) electrons. The van der Waals surface area contributed by atoms with Crippen molar-refractivity contribution in [1.29, 1.82) is 0 Å². The second-order valence-electron chi connectivity index (χ2n) is 6.78. The number of hydrogen-bond donors (Lipinski definition) is 2. The average Bonchev–Trinajstić information content (AvgIpc) is 3.29. The van der Waals surface area contributed by atoms with Gasteiger partial charge in [0.25, 0.3) is 0 Å². The SMILES string of the molecule is O=C(NCCN1CCOCC1)C(=O)NC[C@@H](c1cccs1)S(=O)(=O)c1ccccc1. The Hall–Kier alpha value is -2.27. The molecule has 162 valence electrons. The van der Waals surface area contributed by atoms with Gasteiger partial charge in [-0.15, -0.1) is 11.3 Å². The standard InChI is InChI=1S/C20H25N3O5S2/c24-19(21-8-9-23-10-12-28-13-11-23)20(25)22-15-18(17-7-4-14-29-17)30(26,27)16-5-2-1-3-6-16/h1-7,14,18H,8-13,15H2,(H,21,24)(H,22,25)/t18-/m0/s1. The molecule has 30 heavy (non-hydrogen) atoms.